The van der Waals surface area contributed by atoms with E-state index in [0.717, 1.165) is 95.7 Å². The number of carbonyl (C=O) groups excluding carboxylic acids is 2. The average molecular weight is 767 g/mol. The van der Waals surface area contributed by atoms with Crippen LogP contribution in [0.4, 0.5) is 14.9 Å². The second-order valence-corrected chi connectivity index (χ2v) is 19.4. The van der Waals surface area contributed by atoms with Crippen LogP contribution < -0.4 is 10.6 Å². The quantitative estimate of drug-likeness (QED) is 0.302. The number of amides is 2. The van der Waals surface area contributed by atoms with E-state index in [9.17, 15) is 18.0 Å². The molecule has 2 aromatic rings. The monoisotopic (exact) mass is 766 g/mol. The van der Waals surface area contributed by atoms with Crippen molar-refractivity contribution in [2.75, 3.05) is 91.0 Å². The summed E-state index contributed by atoms with van der Waals surface area (Å²) >= 11 is 0. The second-order valence-electron chi connectivity index (χ2n) is 17.2. The summed E-state index contributed by atoms with van der Waals surface area (Å²) in [5, 5.41) is -0.551. The van der Waals surface area contributed by atoms with Gasteiger partial charge in [-0.15, -0.1) is 0 Å². The molecule has 0 radical (unpaired) electrons. The van der Waals surface area contributed by atoms with Crippen molar-refractivity contribution in [2.45, 2.75) is 73.0 Å². The first-order chi connectivity index (χ1) is 25.8. The summed E-state index contributed by atoms with van der Waals surface area (Å²) < 4.78 is 47.5. The first-order valence-electron chi connectivity index (χ1n) is 20.0. The number of hydrogen-bond donors (Lipinski definition) is 1. The molecule has 2 N–H and O–H groups in total. The van der Waals surface area contributed by atoms with E-state index in [4.69, 9.17) is 10.5 Å². The lowest BCUT2D eigenvalue weighted by atomic mass is 9.56. The zero-order valence-electron chi connectivity index (χ0n) is 32.3. The third kappa shape index (κ3) is 7.88. The van der Waals surface area contributed by atoms with E-state index in [1.54, 1.807) is 23.1 Å². The number of likely N-dealkylation sites (tertiary alicyclic amines) is 3. The van der Waals surface area contributed by atoms with Crippen molar-refractivity contribution in [1.82, 2.24) is 19.6 Å². The van der Waals surface area contributed by atoms with E-state index in [1.165, 1.54) is 12.5 Å². The van der Waals surface area contributed by atoms with Gasteiger partial charge in [0.1, 0.15) is 16.7 Å². The summed E-state index contributed by atoms with van der Waals surface area (Å²) in [6, 6.07) is 14.4. The zero-order valence-corrected chi connectivity index (χ0v) is 33.1. The SMILES string of the molecule is CN(C)CCC(=O)N1CC(S(=O)(=O)c2ccc(N3CC(CN4CCC(C(CN5CCC5)(c5cccc(F)c5)[C@H]5CCC[C@]5(C)OC(N)=O)CC4)C3)cc2)C1. The minimum absolute atomic E-state index is 0.00475. The number of carbonyl (C=O) groups is 2. The van der Waals surface area contributed by atoms with Crippen molar-refractivity contribution >= 4 is 27.5 Å². The van der Waals surface area contributed by atoms with E-state index in [0.29, 0.717) is 29.7 Å². The number of primary amides is 1. The maximum atomic E-state index is 15.0. The molecule has 2 amide bonds. The molecule has 7 rings (SSSR count). The Kier molecular flexibility index (Phi) is 11.3. The molecule has 0 spiro atoms. The van der Waals surface area contributed by atoms with Gasteiger partial charge in [-0.25, -0.2) is 17.6 Å². The van der Waals surface area contributed by atoms with Crippen LogP contribution in [0.3, 0.4) is 0 Å². The summed E-state index contributed by atoms with van der Waals surface area (Å²) in [5.74, 6) is 0.628. The molecule has 1 saturated carbocycles. The lowest BCUT2D eigenvalue weighted by molar-refractivity contribution is -0.134. The Morgan fingerprint density at radius 1 is 0.963 bits per heavy atom. The number of sulfone groups is 1. The number of halogens is 1. The van der Waals surface area contributed by atoms with Crippen LogP contribution in [0, 0.1) is 23.6 Å². The van der Waals surface area contributed by atoms with E-state index >= 15 is 4.39 Å². The average Bonchev–Trinajstić information content (AvgIpc) is 3.45. The Morgan fingerprint density at radius 3 is 2.28 bits per heavy atom. The lowest BCUT2D eigenvalue weighted by Crippen LogP contribution is -2.60. The van der Waals surface area contributed by atoms with E-state index < -0.39 is 26.8 Å². The van der Waals surface area contributed by atoms with E-state index in [-0.39, 0.29) is 36.1 Å². The summed E-state index contributed by atoms with van der Waals surface area (Å²) in [7, 11) is 0.337. The van der Waals surface area contributed by atoms with Crippen molar-refractivity contribution in [1.29, 1.82) is 0 Å². The van der Waals surface area contributed by atoms with Crippen LogP contribution in [-0.2, 0) is 24.8 Å². The topological polar surface area (TPSA) is 120 Å². The molecular weight excluding hydrogens is 708 g/mol. The molecule has 5 aliphatic rings. The van der Waals surface area contributed by atoms with Crippen LogP contribution in [-0.4, -0.2) is 137 Å². The number of nitrogens with zero attached hydrogens (tertiary/aromatic N) is 5. The molecule has 13 heteroatoms. The maximum absolute atomic E-state index is 15.0. The maximum Gasteiger partial charge on any atom is 0.405 e. The fourth-order valence-corrected chi connectivity index (χ4v) is 11.9. The van der Waals surface area contributed by atoms with Gasteiger partial charge in [0.25, 0.3) is 0 Å². The normalized spacial score (nSPS) is 25.9. The number of benzene rings is 2. The summed E-state index contributed by atoms with van der Waals surface area (Å²) in [5.41, 5.74) is 6.64. The molecule has 0 aromatic heterocycles. The number of nitrogens with two attached hydrogens (primary N) is 1. The number of hydrogen-bond acceptors (Lipinski definition) is 9. The molecule has 4 heterocycles. The fraction of sp³-hybridized carbons (Fsp3) is 0.659. The van der Waals surface area contributed by atoms with Crippen LogP contribution in [0.15, 0.2) is 53.4 Å². The number of piperidine rings is 1. The van der Waals surface area contributed by atoms with Gasteiger partial charge in [0.15, 0.2) is 9.84 Å². The van der Waals surface area contributed by atoms with Gasteiger partial charge in [0.2, 0.25) is 5.91 Å². The highest BCUT2D eigenvalue weighted by Gasteiger charge is 2.58. The van der Waals surface area contributed by atoms with Gasteiger partial charge in [-0.05, 0) is 134 Å². The van der Waals surface area contributed by atoms with E-state index in [1.807, 2.05) is 44.1 Å². The minimum atomic E-state index is -3.50. The Bertz CT molecular complexity index is 1750. The highest BCUT2D eigenvalue weighted by Crippen LogP contribution is 2.56. The molecule has 1 aliphatic carbocycles. The molecule has 4 saturated heterocycles. The molecular formula is C41H59FN6O5S. The molecule has 0 bridgehead atoms. The predicted molar refractivity (Wildman–Crippen MR) is 208 cm³/mol. The second kappa shape index (κ2) is 15.7. The molecule has 11 nitrogen and oxygen atoms in total. The van der Waals surface area contributed by atoms with Crippen LogP contribution in [0.25, 0.3) is 0 Å². The minimum Gasteiger partial charge on any atom is -0.443 e. The molecule has 296 valence electrons. The smallest absolute Gasteiger partial charge is 0.405 e. The molecule has 3 atom stereocenters. The van der Waals surface area contributed by atoms with Crippen molar-refractivity contribution in [2.24, 2.45) is 23.5 Å². The van der Waals surface area contributed by atoms with Gasteiger partial charge in [-0.2, -0.15) is 0 Å². The number of anilines is 1. The van der Waals surface area contributed by atoms with Crippen LogP contribution in [0.5, 0.6) is 0 Å². The van der Waals surface area contributed by atoms with Crippen molar-refractivity contribution in [3.8, 4) is 0 Å². The highest BCUT2D eigenvalue weighted by molar-refractivity contribution is 7.92. The zero-order chi connectivity index (χ0) is 38.3. The molecule has 2 aromatic carbocycles. The molecule has 1 unspecified atom stereocenters. The van der Waals surface area contributed by atoms with Gasteiger partial charge in [0.05, 0.1) is 4.90 Å². The third-order valence-corrected chi connectivity index (χ3v) is 15.5. The van der Waals surface area contributed by atoms with Gasteiger partial charge < -0.3 is 35.0 Å². The standard InChI is InChI=1S/C41H59FN6O5S/c1-40(53-39(43)50)17-5-9-37(40)41(29-46-18-6-19-46,32-7-4-8-33(42)23-32)31-14-21-45(22-15-31)24-30-25-47(26-30)34-10-12-35(13-11-34)54(51,52)36-27-48(28-36)38(49)16-20-44(2)3/h4,7-8,10-13,23,30-31,36-37H,5-6,9,14-22,24-29H2,1-3H3,(H2,43,50)/t37-,40-,41?/m0/s1. The van der Waals surface area contributed by atoms with Crippen molar-refractivity contribution in [3.63, 3.8) is 0 Å². The Balaban J connectivity index is 0.959. The first kappa shape index (κ1) is 39.0. The van der Waals surface area contributed by atoms with Crippen LogP contribution >= 0.6 is 0 Å². The van der Waals surface area contributed by atoms with Crippen molar-refractivity contribution < 1.29 is 27.1 Å². The fourth-order valence-electron chi connectivity index (χ4n) is 10.3. The molecule has 54 heavy (non-hydrogen) atoms. The van der Waals surface area contributed by atoms with Crippen molar-refractivity contribution in [3.05, 3.63) is 59.9 Å². The lowest BCUT2D eigenvalue weighted by Gasteiger charge is -2.55. The highest BCUT2D eigenvalue weighted by atomic mass is 32.2. The summed E-state index contributed by atoms with van der Waals surface area (Å²) in [6.45, 7) is 10.9. The Morgan fingerprint density at radius 2 is 1.67 bits per heavy atom. The van der Waals surface area contributed by atoms with Gasteiger partial charge in [-0.1, -0.05) is 12.1 Å². The van der Waals surface area contributed by atoms with Gasteiger partial charge >= 0.3 is 6.09 Å². The Labute approximate surface area is 320 Å². The van der Waals surface area contributed by atoms with Gasteiger partial charge in [0, 0.05) is 75.2 Å². The Hall–Kier alpha value is -3.26. The largest absolute Gasteiger partial charge is 0.443 e. The number of ether oxygens (including phenoxy) is 1. The molecule has 5 fully saturated rings. The first-order valence-corrected chi connectivity index (χ1v) is 21.5. The third-order valence-electron chi connectivity index (χ3n) is 13.4. The summed E-state index contributed by atoms with van der Waals surface area (Å²) in [4.78, 5) is 35.9. The number of rotatable bonds is 14. The predicted octanol–water partition coefficient (Wildman–Crippen LogP) is 4.21. The molecule has 4 aliphatic heterocycles. The van der Waals surface area contributed by atoms with Gasteiger partial charge in [-0.3, -0.25) is 4.79 Å². The summed E-state index contributed by atoms with van der Waals surface area (Å²) in [6.07, 6.45) is 5.42. The van der Waals surface area contributed by atoms with Crippen LogP contribution in [0.1, 0.15) is 57.4 Å². The van der Waals surface area contributed by atoms with E-state index in [2.05, 4.69) is 20.8 Å². The van der Waals surface area contributed by atoms with Crippen LogP contribution in [0.2, 0.25) is 0 Å².